The molecule has 0 saturated heterocycles. The predicted octanol–water partition coefficient (Wildman–Crippen LogP) is 4.91. The number of benzene rings is 3. The summed E-state index contributed by atoms with van der Waals surface area (Å²) in [6.45, 7) is 0.110. The molecule has 3 aromatic carbocycles. The fraction of sp³-hybridized carbons (Fsp3) is 0.0741. The summed E-state index contributed by atoms with van der Waals surface area (Å²) in [5.74, 6) is -0.251. The quantitative estimate of drug-likeness (QED) is 0.424. The summed E-state index contributed by atoms with van der Waals surface area (Å²) in [5.41, 5.74) is 3.61. The molecule has 32 heavy (non-hydrogen) atoms. The van der Waals surface area contributed by atoms with E-state index >= 15 is 0 Å². The number of fused-ring (bicyclic) bond motifs is 2. The molecule has 1 amide bonds. The molecule has 1 unspecified atom stereocenters. The molecule has 1 atom stereocenters. The van der Waals surface area contributed by atoms with Crippen molar-refractivity contribution in [3.8, 4) is 11.3 Å². The van der Waals surface area contributed by atoms with E-state index in [-0.39, 0.29) is 12.5 Å². The minimum atomic E-state index is -0.809. The monoisotopic (exact) mass is 419 g/mol. The van der Waals surface area contributed by atoms with Crippen LogP contribution in [0.3, 0.4) is 0 Å². The van der Waals surface area contributed by atoms with Gasteiger partial charge in [0, 0.05) is 29.9 Å². The second kappa shape index (κ2) is 8.57. The minimum Gasteiger partial charge on any atom is -0.387 e. The number of aromatic nitrogens is 2. The summed E-state index contributed by atoms with van der Waals surface area (Å²) in [5, 5.41) is 16.5. The molecule has 2 heterocycles. The first kappa shape index (κ1) is 19.8. The highest BCUT2D eigenvalue weighted by atomic mass is 16.3. The Morgan fingerprint density at radius 3 is 2.47 bits per heavy atom. The van der Waals surface area contributed by atoms with Gasteiger partial charge in [-0.25, -0.2) is 4.98 Å². The van der Waals surface area contributed by atoms with Crippen LogP contribution >= 0.6 is 0 Å². The number of aliphatic hydroxyl groups is 1. The number of rotatable bonds is 5. The fourth-order valence-corrected chi connectivity index (χ4v) is 3.85. The molecule has 156 valence electrons. The van der Waals surface area contributed by atoms with E-state index in [0.717, 1.165) is 32.8 Å². The maximum absolute atomic E-state index is 13.1. The summed E-state index contributed by atoms with van der Waals surface area (Å²) in [6, 6.07) is 26.9. The van der Waals surface area contributed by atoms with Crippen LogP contribution in [0.1, 0.15) is 22.0 Å². The molecule has 0 radical (unpaired) electrons. The molecule has 0 spiro atoms. The lowest BCUT2D eigenvalue weighted by molar-refractivity contribution is 0.0918. The zero-order valence-corrected chi connectivity index (χ0v) is 17.3. The molecule has 2 aromatic heterocycles. The van der Waals surface area contributed by atoms with Gasteiger partial charge < -0.3 is 10.4 Å². The number of aliphatic hydroxyl groups excluding tert-OH is 1. The Morgan fingerprint density at radius 1 is 0.875 bits per heavy atom. The van der Waals surface area contributed by atoms with Crippen LogP contribution in [0, 0.1) is 0 Å². The van der Waals surface area contributed by atoms with E-state index in [1.54, 1.807) is 18.5 Å². The van der Waals surface area contributed by atoms with Crippen LogP contribution in [0.4, 0.5) is 0 Å². The van der Waals surface area contributed by atoms with E-state index < -0.39 is 6.10 Å². The van der Waals surface area contributed by atoms with Gasteiger partial charge in [-0.3, -0.25) is 9.78 Å². The summed E-state index contributed by atoms with van der Waals surface area (Å²) in [6.07, 6.45) is 2.59. The molecule has 0 saturated carbocycles. The number of amides is 1. The molecule has 0 bridgehead atoms. The molecule has 0 fully saturated rings. The van der Waals surface area contributed by atoms with Crippen molar-refractivity contribution in [3.63, 3.8) is 0 Å². The van der Waals surface area contributed by atoms with Gasteiger partial charge in [-0.15, -0.1) is 0 Å². The second-order valence-electron chi connectivity index (χ2n) is 7.64. The maximum atomic E-state index is 13.1. The standard InChI is InChI=1S/C27H21N3O2/c31-26(21-10-9-18-5-1-2-6-20(18)15-21)17-29-27(32)23-16-25(19-11-13-28-14-12-19)30-24-8-4-3-7-22(23)24/h1-16,26,31H,17H2,(H,29,32). The van der Waals surface area contributed by atoms with E-state index in [1.807, 2.05) is 78.9 Å². The van der Waals surface area contributed by atoms with Gasteiger partial charge in [0.05, 0.1) is 22.9 Å². The third kappa shape index (κ3) is 3.94. The van der Waals surface area contributed by atoms with Crippen LogP contribution in [0.25, 0.3) is 32.9 Å². The molecular formula is C27H21N3O2. The van der Waals surface area contributed by atoms with Crippen molar-refractivity contribution >= 4 is 27.6 Å². The van der Waals surface area contributed by atoms with Gasteiger partial charge in [0.2, 0.25) is 0 Å². The van der Waals surface area contributed by atoms with Crippen LogP contribution in [0.15, 0.2) is 97.3 Å². The Morgan fingerprint density at radius 2 is 1.62 bits per heavy atom. The lowest BCUT2D eigenvalue weighted by Gasteiger charge is -2.14. The van der Waals surface area contributed by atoms with Crippen molar-refractivity contribution in [2.24, 2.45) is 0 Å². The van der Waals surface area contributed by atoms with Crippen molar-refractivity contribution < 1.29 is 9.90 Å². The third-order valence-corrected chi connectivity index (χ3v) is 5.55. The molecular weight excluding hydrogens is 398 g/mol. The SMILES string of the molecule is O=C(NCC(O)c1ccc2ccccc2c1)c1cc(-c2ccncc2)nc2ccccc12. The number of hydrogen-bond acceptors (Lipinski definition) is 4. The van der Waals surface area contributed by atoms with Crippen LogP contribution in [0.2, 0.25) is 0 Å². The Hall–Kier alpha value is -4.09. The highest BCUT2D eigenvalue weighted by Gasteiger charge is 2.16. The fourth-order valence-electron chi connectivity index (χ4n) is 3.85. The molecule has 2 N–H and O–H groups in total. The van der Waals surface area contributed by atoms with E-state index in [9.17, 15) is 9.90 Å². The van der Waals surface area contributed by atoms with Crippen LogP contribution in [-0.2, 0) is 0 Å². The largest absolute Gasteiger partial charge is 0.387 e. The lowest BCUT2D eigenvalue weighted by Crippen LogP contribution is -2.28. The van der Waals surface area contributed by atoms with E-state index in [0.29, 0.717) is 11.3 Å². The summed E-state index contributed by atoms with van der Waals surface area (Å²) in [4.78, 5) is 21.9. The summed E-state index contributed by atoms with van der Waals surface area (Å²) < 4.78 is 0. The van der Waals surface area contributed by atoms with Gasteiger partial charge in [0.1, 0.15) is 0 Å². The average Bonchev–Trinajstić information content (AvgIpc) is 2.86. The molecule has 0 aliphatic carbocycles. The number of hydrogen-bond donors (Lipinski definition) is 2. The lowest BCUT2D eigenvalue weighted by atomic mass is 10.0. The first-order chi connectivity index (χ1) is 15.7. The first-order valence-electron chi connectivity index (χ1n) is 10.4. The van der Waals surface area contributed by atoms with E-state index in [1.165, 1.54) is 0 Å². The summed E-state index contributed by atoms with van der Waals surface area (Å²) in [7, 11) is 0. The van der Waals surface area contributed by atoms with Crippen LogP contribution in [-0.4, -0.2) is 27.5 Å². The average molecular weight is 419 g/mol. The Labute approximate surface area is 185 Å². The highest BCUT2D eigenvalue weighted by molar-refractivity contribution is 6.07. The molecule has 0 aliphatic rings. The van der Waals surface area contributed by atoms with Gasteiger partial charge in [0.15, 0.2) is 0 Å². The van der Waals surface area contributed by atoms with Gasteiger partial charge in [-0.05, 0) is 46.7 Å². The minimum absolute atomic E-state index is 0.110. The van der Waals surface area contributed by atoms with Gasteiger partial charge in [-0.1, -0.05) is 54.6 Å². The topological polar surface area (TPSA) is 75.1 Å². The van der Waals surface area contributed by atoms with Gasteiger partial charge >= 0.3 is 0 Å². The Bertz CT molecular complexity index is 1420. The smallest absolute Gasteiger partial charge is 0.252 e. The molecule has 5 heteroatoms. The van der Waals surface area contributed by atoms with Crippen molar-refractivity contribution in [2.75, 3.05) is 6.54 Å². The first-order valence-corrected chi connectivity index (χ1v) is 10.4. The number of para-hydroxylation sites is 1. The Kier molecular flexibility index (Phi) is 5.32. The normalized spacial score (nSPS) is 12.0. The van der Waals surface area contributed by atoms with Crippen molar-refractivity contribution in [1.82, 2.24) is 15.3 Å². The molecule has 0 aliphatic heterocycles. The Balaban J connectivity index is 1.41. The van der Waals surface area contributed by atoms with Gasteiger partial charge in [-0.2, -0.15) is 0 Å². The van der Waals surface area contributed by atoms with Crippen molar-refractivity contribution in [2.45, 2.75) is 6.10 Å². The predicted molar refractivity (Wildman–Crippen MR) is 126 cm³/mol. The van der Waals surface area contributed by atoms with E-state index in [4.69, 9.17) is 4.98 Å². The van der Waals surface area contributed by atoms with Crippen molar-refractivity contribution in [3.05, 3.63) is 108 Å². The third-order valence-electron chi connectivity index (χ3n) is 5.55. The molecule has 5 nitrogen and oxygen atoms in total. The zero-order chi connectivity index (χ0) is 21.9. The molecule has 5 aromatic rings. The van der Waals surface area contributed by atoms with Crippen molar-refractivity contribution in [1.29, 1.82) is 0 Å². The highest BCUT2D eigenvalue weighted by Crippen LogP contribution is 2.25. The maximum Gasteiger partial charge on any atom is 0.252 e. The van der Waals surface area contributed by atoms with Crippen LogP contribution < -0.4 is 5.32 Å². The number of pyridine rings is 2. The zero-order valence-electron chi connectivity index (χ0n) is 17.3. The number of carbonyl (C=O) groups excluding carboxylic acids is 1. The summed E-state index contributed by atoms with van der Waals surface area (Å²) >= 11 is 0. The number of nitrogens with zero attached hydrogens (tertiary/aromatic N) is 2. The van der Waals surface area contributed by atoms with Crippen LogP contribution in [0.5, 0.6) is 0 Å². The van der Waals surface area contributed by atoms with E-state index in [2.05, 4.69) is 10.3 Å². The number of nitrogens with one attached hydrogen (secondary N) is 1. The second-order valence-corrected chi connectivity index (χ2v) is 7.64. The molecule has 5 rings (SSSR count). The van der Waals surface area contributed by atoms with Gasteiger partial charge in [0.25, 0.3) is 5.91 Å². The number of carbonyl (C=O) groups is 1.